The number of rotatable bonds is 3. The molecule has 0 amide bonds. The van der Waals surface area contributed by atoms with Gasteiger partial charge in [-0.1, -0.05) is 20.8 Å². The highest BCUT2D eigenvalue weighted by Crippen LogP contribution is 2.27. The molecule has 0 spiro atoms. The third kappa shape index (κ3) is 2.52. The number of fused-ring (bicyclic) bond motifs is 2. The molecule has 2 unspecified atom stereocenters. The van der Waals surface area contributed by atoms with Crippen molar-refractivity contribution in [3.63, 3.8) is 0 Å². The summed E-state index contributed by atoms with van der Waals surface area (Å²) in [5.74, 6) is 0. The summed E-state index contributed by atoms with van der Waals surface area (Å²) in [7, 11) is 0. The maximum absolute atomic E-state index is 5.65. The lowest BCUT2D eigenvalue weighted by Gasteiger charge is -2.48. The van der Waals surface area contributed by atoms with Crippen LogP contribution < -0.4 is 5.32 Å². The molecule has 2 aliphatic rings. The second-order valence-corrected chi connectivity index (χ2v) is 5.17. The molecule has 2 heterocycles. The minimum Gasteiger partial charge on any atom is -0.378 e. The van der Waals surface area contributed by atoms with Gasteiger partial charge in [-0.25, -0.2) is 0 Å². The monoisotopic (exact) mass is 212 g/mol. The van der Waals surface area contributed by atoms with Crippen molar-refractivity contribution in [1.82, 2.24) is 10.2 Å². The maximum Gasteiger partial charge on any atom is 0.0623 e. The Kier molecular flexibility index (Phi) is 3.65. The van der Waals surface area contributed by atoms with Crippen LogP contribution in [-0.4, -0.2) is 48.8 Å². The highest BCUT2D eigenvalue weighted by Gasteiger charge is 2.37. The third-order valence-electron chi connectivity index (χ3n) is 3.61. The van der Waals surface area contributed by atoms with Crippen molar-refractivity contribution in [1.29, 1.82) is 0 Å². The highest BCUT2D eigenvalue weighted by atomic mass is 16.5. The van der Waals surface area contributed by atoms with Crippen LogP contribution in [0.4, 0.5) is 0 Å². The smallest absolute Gasteiger partial charge is 0.0623 e. The van der Waals surface area contributed by atoms with Gasteiger partial charge in [-0.3, -0.25) is 4.90 Å². The van der Waals surface area contributed by atoms with Crippen LogP contribution in [0, 0.1) is 0 Å². The van der Waals surface area contributed by atoms with E-state index in [-0.39, 0.29) is 0 Å². The van der Waals surface area contributed by atoms with Crippen molar-refractivity contribution < 1.29 is 4.74 Å². The van der Waals surface area contributed by atoms with Crippen LogP contribution in [0.3, 0.4) is 0 Å². The fraction of sp³-hybridized carbons (Fsp3) is 1.00. The van der Waals surface area contributed by atoms with Gasteiger partial charge >= 0.3 is 0 Å². The van der Waals surface area contributed by atoms with Gasteiger partial charge in [0.05, 0.1) is 13.2 Å². The number of morpholine rings is 1. The molecule has 3 heteroatoms. The Morgan fingerprint density at radius 2 is 1.87 bits per heavy atom. The minimum absolute atomic E-state index is 0.602. The molecular formula is C12H24N2O. The van der Waals surface area contributed by atoms with E-state index in [1.165, 1.54) is 19.4 Å². The number of piperidine rings is 1. The third-order valence-corrected chi connectivity index (χ3v) is 3.61. The Hall–Kier alpha value is -0.120. The Morgan fingerprint density at radius 3 is 2.33 bits per heavy atom. The first kappa shape index (κ1) is 11.4. The molecule has 0 aliphatic carbocycles. The molecule has 88 valence electrons. The quantitative estimate of drug-likeness (QED) is 0.761. The average molecular weight is 212 g/mol. The predicted molar refractivity (Wildman–Crippen MR) is 62.1 cm³/mol. The molecule has 0 aromatic rings. The van der Waals surface area contributed by atoms with E-state index in [0.717, 1.165) is 13.2 Å². The molecule has 2 bridgehead atoms. The van der Waals surface area contributed by atoms with Crippen LogP contribution in [0.25, 0.3) is 0 Å². The lowest BCUT2D eigenvalue weighted by Crippen LogP contribution is -2.60. The normalized spacial score (nSPS) is 37.2. The van der Waals surface area contributed by atoms with E-state index >= 15 is 0 Å². The zero-order valence-corrected chi connectivity index (χ0v) is 10.2. The average Bonchev–Trinajstić information content (AvgIpc) is 2.15. The second kappa shape index (κ2) is 4.81. The van der Waals surface area contributed by atoms with Gasteiger partial charge in [-0.2, -0.15) is 0 Å². The summed E-state index contributed by atoms with van der Waals surface area (Å²) in [5, 5.41) is 3.67. The van der Waals surface area contributed by atoms with E-state index in [2.05, 4.69) is 31.0 Å². The molecule has 2 rings (SSSR count). The Bertz CT molecular complexity index is 194. The first-order chi connectivity index (χ1) is 7.20. The fourth-order valence-electron chi connectivity index (χ4n) is 3.11. The van der Waals surface area contributed by atoms with E-state index in [1.54, 1.807) is 0 Å². The molecule has 0 radical (unpaired) electrons. The summed E-state index contributed by atoms with van der Waals surface area (Å²) in [6, 6.07) is 2.61. The number of ether oxygens (including phenoxy) is 1. The SMILES string of the molecule is CCN1C2COCC1CC(NC(C)C)C2. The zero-order chi connectivity index (χ0) is 10.8. The molecule has 2 fully saturated rings. The van der Waals surface area contributed by atoms with Crippen LogP contribution in [0.5, 0.6) is 0 Å². The van der Waals surface area contributed by atoms with Gasteiger partial charge in [-0.05, 0) is 19.4 Å². The zero-order valence-electron chi connectivity index (χ0n) is 10.2. The second-order valence-electron chi connectivity index (χ2n) is 5.17. The van der Waals surface area contributed by atoms with Crippen molar-refractivity contribution in [2.45, 2.75) is 57.8 Å². The van der Waals surface area contributed by atoms with E-state index in [0.29, 0.717) is 24.2 Å². The van der Waals surface area contributed by atoms with Gasteiger partial charge in [0.15, 0.2) is 0 Å². The minimum atomic E-state index is 0.602. The van der Waals surface area contributed by atoms with Crippen LogP contribution >= 0.6 is 0 Å². The van der Waals surface area contributed by atoms with Crippen molar-refractivity contribution in [2.24, 2.45) is 0 Å². The lowest BCUT2D eigenvalue weighted by molar-refractivity contribution is -0.0789. The molecule has 3 nitrogen and oxygen atoms in total. The molecule has 2 atom stereocenters. The van der Waals surface area contributed by atoms with Gasteiger partial charge in [0.25, 0.3) is 0 Å². The maximum atomic E-state index is 5.65. The van der Waals surface area contributed by atoms with E-state index in [4.69, 9.17) is 4.74 Å². The van der Waals surface area contributed by atoms with Crippen LogP contribution in [-0.2, 0) is 4.74 Å². The van der Waals surface area contributed by atoms with Crippen molar-refractivity contribution in [3.8, 4) is 0 Å². The van der Waals surface area contributed by atoms with Crippen LogP contribution in [0.15, 0.2) is 0 Å². The van der Waals surface area contributed by atoms with Crippen molar-refractivity contribution in [3.05, 3.63) is 0 Å². The molecule has 0 saturated carbocycles. The number of likely N-dealkylation sites (N-methyl/N-ethyl adjacent to an activating group) is 1. The Morgan fingerprint density at radius 1 is 1.27 bits per heavy atom. The van der Waals surface area contributed by atoms with Crippen LogP contribution in [0.1, 0.15) is 33.6 Å². The molecule has 0 aromatic heterocycles. The van der Waals surface area contributed by atoms with Crippen molar-refractivity contribution >= 4 is 0 Å². The molecule has 15 heavy (non-hydrogen) atoms. The number of hydrogen-bond acceptors (Lipinski definition) is 3. The summed E-state index contributed by atoms with van der Waals surface area (Å²) in [6.45, 7) is 9.77. The van der Waals surface area contributed by atoms with E-state index < -0.39 is 0 Å². The summed E-state index contributed by atoms with van der Waals surface area (Å²) >= 11 is 0. The topological polar surface area (TPSA) is 24.5 Å². The molecular weight excluding hydrogens is 188 g/mol. The lowest BCUT2D eigenvalue weighted by atomic mass is 9.90. The highest BCUT2D eigenvalue weighted by molar-refractivity contribution is 4.94. The standard InChI is InChI=1S/C12H24N2O/c1-4-14-11-5-10(13-9(2)3)6-12(14)8-15-7-11/h9-13H,4-8H2,1-3H3. The van der Waals surface area contributed by atoms with Crippen LogP contribution in [0.2, 0.25) is 0 Å². The van der Waals surface area contributed by atoms with Gasteiger partial charge in [-0.15, -0.1) is 0 Å². The van der Waals surface area contributed by atoms with Gasteiger partial charge in [0.1, 0.15) is 0 Å². The largest absolute Gasteiger partial charge is 0.378 e. The fourth-order valence-corrected chi connectivity index (χ4v) is 3.11. The molecule has 1 N–H and O–H groups in total. The van der Waals surface area contributed by atoms with Gasteiger partial charge in [0, 0.05) is 24.2 Å². The molecule has 0 aromatic carbocycles. The summed E-state index contributed by atoms with van der Waals surface area (Å²) in [5.41, 5.74) is 0. The van der Waals surface area contributed by atoms with Crippen molar-refractivity contribution in [2.75, 3.05) is 19.8 Å². The molecule has 2 saturated heterocycles. The molecule has 2 aliphatic heterocycles. The number of hydrogen-bond donors (Lipinski definition) is 1. The van der Waals surface area contributed by atoms with E-state index in [9.17, 15) is 0 Å². The van der Waals surface area contributed by atoms with E-state index in [1.807, 2.05) is 0 Å². The Labute approximate surface area is 93.2 Å². The predicted octanol–water partition coefficient (Wildman–Crippen LogP) is 1.24. The van der Waals surface area contributed by atoms with Gasteiger partial charge in [0.2, 0.25) is 0 Å². The number of nitrogens with one attached hydrogen (secondary N) is 1. The first-order valence-corrected chi connectivity index (χ1v) is 6.30. The summed E-state index contributed by atoms with van der Waals surface area (Å²) < 4.78 is 5.65. The number of nitrogens with zero attached hydrogens (tertiary/aromatic N) is 1. The summed E-state index contributed by atoms with van der Waals surface area (Å²) in [6.07, 6.45) is 2.50. The summed E-state index contributed by atoms with van der Waals surface area (Å²) in [4.78, 5) is 2.63. The van der Waals surface area contributed by atoms with Gasteiger partial charge < -0.3 is 10.1 Å². The first-order valence-electron chi connectivity index (χ1n) is 6.30. The Balaban J connectivity index is 1.96.